The van der Waals surface area contributed by atoms with Gasteiger partial charge in [-0.05, 0) is 18.2 Å². The normalized spacial score (nSPS) is 10.8. The van der Waals surface area contributed by atoms with Crippen molar-refractivity contribution in [3.8, 4) is 23.1 Å². The lowest BCUT2D eigenvalue weighted by Crippen LogP contribution is -2.14. The van der Waals surface area contributed by atoms with E-state index in [-0.39, 0.29) is 5.57 Å². The molecule has 26 heavy (non-hydrogen) atoms. The van der Waals surface area contributed by atoms with Crippen molar-refractivity contribution in [3.63, 3.8) is 0 Å². The molecular formula is C20H16N4O2. The number of hydrogen-bond donors (Lipinski definition) is 2. The molecule has 128 valence electrons. The first-order valence-electron chi connectivity index (χ1n) is 7.88. The van der Waals surface area contributed by atoms with Crippen LogP contribution < -0.4 is 10.1 Å². The number of H-pyrrole nitrogens is 1. The SMILES string of the molecule is COc1ccccc1NC(=O)C(C#N)=Cc1cn[nH]c1-c1ccccc1. The number of nitrogens with one attached hydrogen (secondary N) is 2. The van der Waals surface area contributed by atoms with Gasteiger partial charge in [0.1, 0.15) is 17.4 Å². The number of amides is 1. The molecule has 1 heterocycles. The van der Waals surface area contributed by atoms with E-state index in [0.29, 0.717) is 17.0 Å². The summed E-state index contributed by atoms with van der Waals surface area (Å²) in [4.78, 5) is 12.5. The molecule has 0 saturated carbocycles. The Hall–Kier alpha value is -3.85. The van der Waals surface area contributed by atoms with Gasteiger partial charge in [-0.1, -0.05) is 42.5 Å². The van der Waals surface area contributed by atoms with Gasteiger partial charge in [0.15, 0.2) is 0 Å². The smallest absolute Gasteiger partial charge is 0.266 e. The molecule has 1 aromatic heterocycles. The van der Waals surface area contributed by atoms with Crippen LogP contribution in [0.25, 0.3) is 17.3 Å². The lowest BCUT2D eigenvalue weighted by atomic mass is 10.1. The zero-order valence-corrected chi connectivity index (χ0v) is 14.1. The molecule has 0 unspecified atom stereocenters. The van der Waals surface area contributed by atoms with Crippen LogP contribution in [0.15, 0.2) is 66.4 Å². The minimum absolute atomic E-state index is 0.0329. The molecular weight excluding hydrogens is 328 g/mol. The van der Waals surface area contributed by atoms with Gasteiger partial charge < -0.3 is 10.1 Å². The quantitative estimate of drug-likeness (QED) is 0.546. The van der Waals surface area contributed by atoms with Gasteiger partial charge in [-0.3, -0.25) is 9.89 Å². The van der Waals surface area contributed by atoms with Gasteiger partial charge in [-0.25, -0.2) is 0 Å². The van der Waals surface area contributed by atoms with Crippen LogP contribution in [-0.4, -0.2) is 23.2 Å². The average Bonchev–Trinajstić information content (AvgIpc) is 3.15. The Morgan fingerprint density at radius 1 is 1.19 bits per heavy atom. The van der Waals surface area contributed by atoms with E-state index in [1.54, 1.807) is 30.5 Å². The maximum absolute atomic E-state index is 12.5. The molecule has 0 aliphatic rings. The van der Waals surface area contributed by atoms with Gasteiger partial charge in [-0.15, -0.1) is 0 Å². The van der Waals surface area contributed by atoms with E-state index in [4.69, 9.17) is 4.74 Å². The second kappa shape index (κ2) is 7.81. The fourth-order valence-electron chi connectivity index (χ4n) is 2.48. The van der Waals surface area contributed by atoms with E-state index in [9.17, 15) is 10.1 Å². The van der Waals surface area contributed by atoms with Crippen molar-refractivity contribution in [1.82, 2.24) is 10.2 Å². The van der Waals surface area contributed by atoms with Crippen molar-refractivity contribution in [1.29, 1.82) is 5.26 Å². The molecule has 0 saturated heterocycles. The number of aromatic amines is 1. The van der Waals surface area contributed by atoms with Crippen LogP contribution in [0.1, 0.15) is 5.56 Å². The summed E-state index contributed by atoms with van der Waals surface area (Å²) in [6.45, 7) is 0. The van der Waals surface area contributed by atoms with Crippen LogP contribution in [0.4, 0.5) is 5.69 Å². The predicted octanol–water partition coefficient (Wildman–Crippen LogP) is 3.63. The molecule has 0 aliphatic heterocycles. The second-order valence-electron chi connectivity index (χ2n) is 5.39. The lowest BCUT2D eigenvalue weighted by Gasteiger charge is -2.09. The Bertz CT molecular complexity index is 984. The highest BCUT2D eigenvalue weighted by Gasteiger charge is 2.14. The molecule has 0 radical (unpaired) electrons. The molecule has 1 amide bonds. The standard InChI is InChI=1S/C20H16N4O2/c1-26-18-10-6-5-9-17(18)23-20(25)15(12-21)11-16-13-22-24-19(16)14-7-3-2-4-8-14/h2-11,13H,1H3,(H,22,24)(H,23,25). The minimum Gasteiger partial charge on any atom is -0.495 e. The third kappa shape index (κ3) is 3.62. The summed E-state index contributed by atoms with van der Waals surface area (Å²) in [6, 6.07) is 18.5. The number of rotatable bonds is 5. The summed E-state index contributed by atoms with van der Waals surface area (Å²) >= 11 is 0. The van der Waals surface area contributed by atoms with Crippen molar-refractivity contribution in [2.45, 2.75) is 0 Å². The van der Waals surface area contributed by atoms with Crippen molar-refractivity contribution in [2.75, 3.05) is 12.4 Å². The molecule has 3 rings (SSSR count). The number of carbonyl (C=O) groups is 1. The number of aromatic nitrogens is 2. The van der Waals surface area contributed by atoms with E-state index in [2.05, 4.69) is 15.5 Å². The summed E-state index contributed by atoms with van der Waals surface area (Å²) in [7, 11) is 1.52. The molecule has 6 nitrogen and oxygen atoms in total. The van der Waals surface area contributed by atoms with Gasteiger partial charge >= 0.3 is 0 Å². The lowest BCUT2D eigenvalue weighted by molar-refractivity contribution is -0.112. The largest absolute Gasteiger partial charge is 0.495 e. The Morgan fingerprint density at radius 2 is 1.92 bits per heavy atom. The van der Waals surface area contributed by atoms with Gasteiger partial charge in [0.25, 0.3) is 5.91 Å². The zero-order valence-electron chi connectivity index (χ0n) is 14.1. The van der Waals surface area contributed by atoms with Crippen molar-refractivity contribution >= 4 is 17.7 Å². The summed E-state index contributed by atoms with van der Waals surface area (Å²) in [5, 5.41) is 19.0. The summed E-state index contributed by atoms with van der Waals surface area (Å²) in [5.41, 5.74) is 2.77. The van der Waals surface area contributed by atoms with Crippen LogP contribution >= 0.6 is 0 Å². The predicted molar refractivity (Wildman–Crippen MR) is 99.2 cm³/mol. The molecule has 0 bridgehead atoms. The maximum Gasteiger partial charge on any atom is 0.266 e. The number of nitrogens with zero attached hydrogens (tertiary/aromatic N) is 2. The van der Waals surface area contributed by atoms with Crippen molar-refractivity contribution in [3.05, 3.63) is 71.9 Å². The Labute approximate surface area is 150 Å². The second-order valence-corrected chi connectivity index (χ2v) is 5.39. The van der Waals surface area contributed by atoms with Gasteiger partial charge in [0, 0.05) is 11.1 Å². The fraction of sp³-hybridized carbons (Fsp3) is 0.0500. The maximum atomic E-state index is 12.5. The molecule has 0 atom stereocenters. The number of para-hydroxylation sites is 2. The average molecular weight is 344 g/mol. The first kappa shape index (κ1) is 17.0. The number of nitriles is 1. The van der Waals surface area contributed by atoms with E-state index in [1.165, 1.54) is 13.2 Å². The number of ether oxygens (including phenoxy) is 1. The van der Waals surface area contributed by atoms with Gasteiger partial charge in [0.2, 0.25) is 0 Å². The van der Waals surface area contributed by atoms with Crippen LogP contribution in [0.2, 0.25) is 0 Å². The van der Waals surface area contributed by atoms with Crippen molar-refractivity contribution < 1.29 is 9.53 Å². The van der Waals surface area contributed by atoms with E-state index in [0.717, 1.165) is 11.3 Å². The van der Waals surface area contributed by atoms with Crippen molar-refractivity contribution in [2.24, 2.45) is 0 Å². The monoisotopic (exact) mass is 344 g/mol. The number of hydrogen-bond acceptors (Lipinski definition) is 4. The van der Waals surface area contributed by atoms with Crippen LogP contribution in [0.5, 0.6) is 5.75 Å². The van der Waals surface area contributed by atoms with Gasteiger partial charge in [0.05, 0.1) is 24.7 Å². The van der Waals surface area contributed by atoms with E-state index in [1.807, 2.05) is 36.4 Å². The van der Waals surface area contributed by atoms with E-state index < -0.39 is 5.91 Å². The molecule has 2 N–H and O–H groups in total. The first-order chi connectivity index (χ1) is 12.7. The van der Waals surface area contributed by atoms with Crippen LogP contribution in [0.3, 0.4) is 0 Å². The third-order valence-corrected chi connectivity index (χ3v) is 3.75. The highest BCUT2D eigenvalue weighted by Crippen LogP contribution is 2.25. The highest BCUT2D eigenvalue weighted by molar-refractivity contribution is 6.10. The number of anilines is 1. The summed E-state index contributed by atoms with van der Waals surface area (Å²) in [5.74, 6) is 0.00337. The summed E-state index contributed by atoms with van der Waals surface area (Å²) < 4.78 is 5.21. The van der Waals surface area contributed by atoms with Crippen LogP contribution in [-0.2, 0) is 4.79 Å². The summed E-state index contributed by atoms with van der Waals surface area (Å²) in [6.07, 6.45) is 3.09. The highest BCUT2D eigenvalue weighted by atomic mass is 16.5. The Kier molecular flexibility index (Phi) is 5.11. The third-order valence-electron chi connectivity index (χ3n) is 3.75. The van der Waals surface area contributed by atoms with E-state index >= 15 is 0 Å². The Balaban J connectivity index is 1.89. The molecule has 3 aromatic rings. The van der Waals surface area contributed by atoms with Crippen LogP contribution in [0, 0.1) is 11.3 Å². The Morgan fingerprint density at radius 3 is 2.65 bits per heavy atom. The minimum atomic E-state index is -0.516. The van der Waals surface area contributed by atoms with Gasteiger partial charge in [-0.2, -0.15) is 10.4 Å². The molecule has 0 fully saturated rings. The molecule has 2 aromatic carbocycles. The molecule has 6 heteroatoms. The molecule has 0 aliphatic carbocycles. The number of carbonyl (C=O) groups excluding carboxylic acids is 1. The molecule has 0 spiro atoms. The fourth-order valence-corrected chi connectivity index (χ4v) is 2.48. The number of methoxy groups -OCH3 is 1. The number of benzene rings is 2. The topological polar surface area (TPSA) is 90.8 Å². The zero-order chi connectivity index (χ0) is 18.4. The first-order valence-corrected chi connectivity index (χ1v) is 7.88.